The fourth-order valence-electron chi connectivity index (χ4n) is 4.43. The summed E-state index contributed by atoms with van der Waals surface area (Å²) in [6.45, 7) is 3.66. The number of ether oxygens (including phenoxy) is 2. The quantitative estimate of drug-likeness (QED) is 0.332. The molecule has 9 heteroatoms. The zero-order valence-corrected chi connectivity index (χ0v) is 20.7. The second-order valence-electron chi connectivity index (χ2n) is 8.12. The molecule has 0 aliphatic carbocycles. The van der Waals surface area contributed by atoms with Gasteiger partial charge in [0.1, 0.15) is 12.4 Å². The lowest BCUT2D eigenvalue weighted by atomic mass is 9.74. The number of aryl methyl sites for hydroxylation is 1. The number of nitrogens with zero attached hydrogens (tertiary/aromatic N) is 4. The molecule has 2 aliphatic rings. The second-order valence-corrected chi connectivity index (χ2v) is 8.12. The molecular weight excluding hydrogens is 507 g/mol. The van der Waals surface area contributed by atoms with Crippen LogP contribution in [0.15, 0.2) is 35.3 Å². The molecular formula is C22H33IN6O2. The van der Waals surface area contributed by atoms with Crippen LogP contribution in [-0.2, 0) is 34.5 Å². The molecule has 1 unspecified atom stereocenters. The van der Waals surface area contributed by atoms with E-state index in [0.29, 0.717) is 6.61 Å². The number of halogens is 1. The first-order chi connectivity index (χ1) is 14.7. The summed E-state index contributed by atoms with van der Waals surface area (Å²) in [5, 5.41) is 11.7. The average molecular weight is 540 g/mol. The zero-order chi connectivity index (χ0) is 20.8. The SMILES string of the molecule is CN=C(NCC1(c2ccccc2)CCOCC1)NC1CCc2nc(COC)nn2C1.I. The molecule has 4 rings (SSSR count). The van der Waals surface area contributed by atoms with Gasteiger partial charge in [-0.25, -0.2) is 9.67 Å². The van der Waals surface area contributed by atoms with Crippen LogP contribution in [0.1, 0.15) is 36.5 Å². The van der Waals surface area contributed by atoms with Crippen LogP contribution in [0.5, 0.6) is 0 Å². The molecule has 1 atom stereocenters. The molecule has 0 bridgehead atoms. The summed E-state index contributed by atoms with van der Waals surface area (Å²) in [6.07, 6.45) is 3.92. The molecule has 1 saturated heterocycles. The number of benzene rings is 1. The fraction of sp³-hybridized carbons (Fsp3) is 0.591. The van der Waals surface area contributed by atoms with E-state index in [4.69, 9.17) is 9.47 Å². The summed E-state index contributed by atoms with van der Waals surface area (Å²) in [4.78, 5) is 9.04. The third-order valence-corrected chi connectivity index (χ3v) is 6.17. The number of guanidine groups is 1. The molecule has 2 N–H and O–H groups in total. The van der Waals surface area contributed by atoms with Crippen LogP contribution < -0.4 is 10.6 Å². The van der Waals surface area contributed by atoms with Crippen LogP contribution >= 0.6 is 24.0 Å². The lowest BCUT2D eigenvalue weighted by Gasteiger charge is -2.38. The first-order valence-electron chi connectivity index (χ1n) is 10.7. The Balaban J connectivity index is 0.00000272. The second kappa shape index (κ2) is 11.2. The maximum atomic E-state index is 5.66. The predicted octanol–water partition coefficient (Wildman–Crippen LogP) is 2.27. The molecule has 1 aromatic heterocycles. The minimum Gasteiger partial charge on any atom is -0.381 e. The predicted molar refractivity (Wildman–Crippen MR) is 131 cm³/mol. The van der Waals surface area contributed by atoms with Crippen LogP contribution in [0.4, 0.5) is 0 Å². The lowest BCUT2D eigenvalue weighted by molar-refractivity contribution is 0.0513. The highest BCUT2D eigenvalue weighted by atomic mass is 127. The maximum absolute atomic E-state index is 5.66. The Bertz CT molecular complexity index is 851. The molecule has 2 aromatic rings. The minimum absolute atomic E-state index is 0. The lowest BCUT2D eigenvalue weighted by Crippen LogP contribution is -2.51. The molecule has 0 amide bonds. The first kappa shape index (κ1) is 23.9. The van der Waals surface area contributed by atoms with Gasteiger partial charge < -0.3 is 20.1 Å². The number of aliphatic imine (C=N–C) groups is 1. The van der Waals surface area contributed by atoms with Gasteiger partial charge in [0.2, 0.25) is 0 Å². The van der Waals surface area contributed by atoms with Crippen LogP contribution in [-0.4, -0.2) is 60.7 Å². The zero-order valence-electron chi connectivity index (χ0n) is 18.3. The van der Waals surface area contributed by atoms with Gasteiger partial charge in [-0.05, 0) is 24.8 Å². The number of hydrogen-bond donors (Lipinski definition) is 2. The third kappa shape index (κ3) is 5.75. The molecule has 2 aliphatic heterocycles. The summed E-state index contributed by atoms with van der Waals surface area (Å²) >= 11 is 0. The van der Waals surface area contributed by atoms with Crippen LogP contribution in [0.25, 0.3) is 0 Å². The maximum Gasteiger partial charge on any atom is 0.191 e. The Kier molecular flexibility index (Phi) is 8.67. The summed E-state index contributed by atoms with van der Waals surface area (Å²) in [5.74, 6) is 2.62. The molecule has 8 nitrogen and oxygen atoms in total. The molecule has 0 spiro atoms. The van der Waals surface area contributed by atoms with Gasteiger partial charge in [0.05, 0.1) is 6.54 Å². The molecule has 31 heavy (non-hydrogen) atoms. The highest BCUT2D eigenvalue weighted by Gasteiger charge is 2.34. The van der Waals surface area contributed by atoms with Gasteiger partial charge >= 0.3 is 0 Å². The summed E-state index contributed by atoms with van der Waals surface area (Å²) in [6, 6.07) is 11.0. The molecule has 3 heterocycles. The fourth-order valence-corrected chi connectivity index (χ4v) is 4.43. The van der Waals surface area contributed by atoms with E-state index < -0.39 is 0 Å². The highest BCUT2D eigenvalue weighted by molar-refractivity contribution is 14.0. The number of nitrogens with one attached hydrogen (secondary N) is 2. The van der Waals surface area contributed by atoms with Gasteiger partial charge in [-0.15, -0.1) is 24.0 Å². The largest absolute Gasteiger partial charge is 0.381 e. The number of rotatable bonds is 6. The van der Waals surface area contributed by atoms with Gasteiger partial charge in [-0.1, -0.05) is 30.3 Å². The van der Waals surface area contributed by atoms with Gasteiger partial charge in [0, 0.05) is 51.8 Å². The van der Waals surface area contributed by atoms with Crippen molar-refractivity contribution in [1.29, 1.82) is 0 Å². The Morgan fingerprint density at radius 1 is 1.29 bits per heavy atom. The number of hydrogen-bond acceptors (Lipinski definition) is 5. The van der Waals surface area contributed by atoms with Crippen molar-refractivity contribution in [3.63, 3.8) is 0 Å². The number of fused-ring (bicyclic) bond motifs is 1. The molecule has 0 saturated carbocycles. The monoisotopic (exact) mass is 540 g/mol. The van der Waals surface area contributed by atoms with Crippen molar-refractivity contribution in [2.75, 3.05) is 33.9 Å². The summed E-state index contributed by atoms with van der Waals surface area (Å²) in [5.41, 5.74) is 1.43. The standard InChI is InChI=1S/C22H32N6O2.HI/c1-23-21(25-18-8-9-20-26-19(15-29-2)27-28(20)14-18)24-16-22(10-12-30-13-11-22)17-6-4-3-5-7-17;/h3-7,18H,8-16H2,1-2H3,(H2,23,24,25);1H. The topological polar surface area (TPSA) is 85.6 Å². The molecule has 170 valence electrons. The van der Waals surface area contributed by atoms with Gasteiger partial charge in [0.25, 0.3) is 0 Å². The van der Waals surface area contributed by atoms with E-state index in [1.54, 1.807) is 7.11 Å². The number of methoxy groups -OCH3 is 1. The Labute approximate surface area is 201 Å². The number of aromatic nitrogens is 3. The van der Waals surface area contributed by atoms with Gasteiger partial charge in [-0.3, -0.25) is 4.99 Å². The normalized spacial score (nSPS) is 20.5. The average Bonchev–Trinajstić information content (AvgIpc) is 3.20. The van der Waals surface area contributed by atoms with Crippen molar-refractivity contribution in [3.05, 3.63) is 47.5 Å². The van der Waals surface area contributed by atoms with E-state index in [9.17, 15) is 0 Å². The first-order valence-corrected chi connectivity index (χ1v) is 10.7. The van der Waals surface area contributed by atoms with E-state index in [1.165, 1.54) is 5.56 Å². The smallest absolute Gasteiger partial charge is 0.191 e. The summed E-state index contributed by atoms with van der Waals surface area (Å²) in [7, 11) is 3.50. The molecule has 1 aromatic carbocycles. The van der Waals surface area contributed by atoms with Crippen molar-refractivity contribution < 1.29 is 9.47 Å². The van der Waals surface area contributed by atoms with E-state index in [2.05, 4.69) is 56.0 Å². The van der Waals surface area contributed by atoms with Crippen molar-refractivity contribution in [2.45, 2.75) is 50.3 Å². The van der Waals surface area contributed by atoms with Crippen LogP contribution in [0.2, 0.25) is 0 Å². The Morgan fingerprint density at radius 2 is 2.06 bits per heavy atom. The highest BCUT2D eigenvalue weighted by Crippen LogP contribution is 2.34. The molecule has 1 fully saturated rings. The van der Waals surface area contributed by atoms with Crippen molar-refractivity contribution in [3.8, 4) is 0 Å². The minimum atomic E-state index is 0. The Morgan fingerprint density at radius 3 is 2.77 bits per heavy atom. The van der Waals surface area contributed by atoms with E-state index in [-0.39, 0.29) is 35.4 Å². The Hall–Kier alpha value is -1.72. The van der Waals surface area contributed by atoms with E-state index in [0.717, 1.165) is 69.6 Å². The van der Waals surface area contributed by atoms with Crippen molar-refractivity contribution in [1.82, 2.24) is 25.4 Å². The van der Waals surface area contributed by atoms with Crippen LogP contribution in [0.3, 0.4) is 0 Å². The third-order valence-electron chi connectivity index (χ3n) is 6.17. The van der Waals surface area contributed by atoms with Crippen LogP contribution in [0, 0.1) is 0 Å². The summed E-state index contributed by atoms with van der Waals surface area (Å²) < 4.78 is 12.8. The van der Waals surface area contributed by atoms with E-state index in [1.807, 2.05) is 11.7 Å². The van der Waals surface area contributed by atoms with Gasteiger partial charge in [0.15, 0.2) is 11.8 Å². The molecule has 0 radical (unpaired) electrons. The van der Waals surface area contributed by atoms with E-state index >= 15 is 0 Å². The van der Waals surface area contributed by atoms with Crippen molar-refractivity contribution in [2.24, 2.45) is 4.99 Å². The van der Waals surface area contributed by atoms with Gasteiger partial charge in [-0.2, -0.15) is 5.10 Å². The van der Waals surface area contributed by atoms with Crippen molar-refractivity contribution >= 4 is 29.9 Å².